The van der Waals surface area contributed by atoms with Gasteiger partial charge >= 0.3 is 0 Å². The van der Waals surface area contributed by atoms with Crippen LogP contribution in [0, 0.1) is 5.92 Å². The summed E-state index contributed by atoms with van der Waals surface area (Å²) in [5, 5.41) is 3.61. The van der Waals surface area contributed by atoms with Gasteiger partial charge in [0.2, 0.25) is 5.95 Å². The molecule has 18 heavy (non-hydrogen) atoms. The molecule has 0 spiro atoms. The van der Waals surface area contributed by atoms with Crippen LogP contribution in [0.3, 0.4) is 0 Å². The molecule has 4 nitrogen and oxygen atoms in total. The molecule has 4 heteroatoms. The molecule has 1 N–H and O–H groups in total. The zero-order chi connectivity index (χ0) is 13.2. The lowest BCUT2D eigenvalue weighted by atomic mass is 9.95. The summed E-state index contributed by atoms with van der Waals surface area (Å²) in [6.45, 7) is 10.1. The van der Waals surface area contributed by atoms with Crippen LogP contribution in [-0.2, 0) is 7.05 Å². The number of imidazole rings is 1. The van der Waals surface area contributed by atoms with E-state index in [0.717, 1.165) is 31.5 Å². The molecular weight excluding hydrogens is 224 g/mol. The van der Waals surface area contributed by atoms with E-state index in [4.69, 9.17) is 0 Å². The van der Waals surface area contributed by atoms with Crippen LogP contribution in [0.2, 0.25) is 0 Å². The van der Waals surface area contributed by atoms with E-state index in [-0.39, 0.29) is 5.54 Å². The Morgan fingerprint density at radius 2 is 2.00 bits per heavy atom. The van der Waals surface area contributed by atoms with E-state index in [1.807, 2.05) is 12.4 Å². The predicted octanol–water partition coefficient (Wildman–Crippen LogP) is 2.02. The number of hydrogen-bond acceptors (Lipinski definition) is 3. The Morgan fingerprint density at radius 3 is 2.50 bits per heavy atom. The van der Waals surface area contributed by atoms with Crippen LogP contribution in [0.4, 0.5) is 5.95 Å². The van der Waals surface area contributed by atoms with E-state index in [0.29, 0.717) is 0 Å². The highest BCUT2D eigenvalue weighted by molar-refractivity contribution is 5.31. The van der Waals surface area contributed by atoms with Gasteiger partial charge in [-0.2, -0.15) is 0 Å². The standard InChI is InChI=1S/C14H26N4/c1-14(2,3)16-11-12-5-8-18(9-6-12)13-15-7-10-17(13)4/h7,10,12,16H,5-6,8-9,11H2,1-4H3. The predicted molar refractivity (Wildman–Crippen MR) is 75.9 cm³/mol. The molecule has 0 aliphatic carbocycles. The van der Waals surface area contributed by atoms with E-state index < -0.39 is 0 Å². The summed E-state index contributed by atoms with van der Waals surface area (Å²) < 4.78 is 2.10. The SMILES string of the molecule is Cn1ccnc1N1CCC(CNC(C)(C)C)CC1. The van der Waals surface area contributed by atoms with Crippen molar-refractivity contribution in [2.75, 3.05) is 24.5 Å². The normalized spacial score (nSPS) is 18.3. The number of piperidine rings is 1. The van der Waals surface area contributed by atoms with Crippen LogP contribution < -0.4 is 10.2 Å². The van der Waals surface area contributed by atoms with Crippen molar-refractivity contribution < 1.29 is 0 Å². The first-order valence-corrected chi connectivity index (χ1v) is 6.93. The summed E-state index contributed by atoms with van der Waals surface area (Å²) in [5.41, 5.74) is 0.233. The number of nitrogens with zero attached hydrogens (tertiary/aromatic N) is 3. The number of aromatic nitrogens is 2. The molecule has 0 bridgehead atoms. The number of anilines is 1. The van der Waals surface area contributed by atoms with Crippen molar-refractivity contribution >= 4 is 5.95 Å². The molecule has 2 heterocycles. The highest BCUT2D eigenvalue weighted by atomic mass is 15.3. The van der Waals surface area contributed by atoms with Crippen molar-refractivity contribution in [2.24, 2.45) is 13.0 Å². The molecule has 0 aromatic carbocycles. The second kappa shape index (κ2) is 5.31. The largest absolute Gasteiger partial charge is 0.342 e. The summed E-state index contributed by atoms with van der Waals surface area (Å²) in [5.74, 6) is 1.91. The van der Waals surface area contributed by atoms with Gasteiger partial charge in [-0.15, -0.1) is 0 Å². The van der Waals surface area contributed by atoms with Crippen LogP contribution in [0.1, 0.15) is 33.6 Å². The summed E-state index contributed by atoms with van der Waals surface area (Å²) in [6, 6.07) is 0. The Labute approximate surface area is 110 Å². The molecule has 1 fully saturated rings. The van der Waals surface area contributed by atoms with Crippen LogP contribution in [0.5, 0.6) is 0 Å². The van der Waals surface area contributed by atoms with Crippen LogP contribution in [0.15, 0.2) is 12.4 Å². The minimum atomic E-state index is 0.233. The fourth-order valence-corrected chi connectivity index (χ4v) is 2.45. The summed E-state index contributed by atoms with van der Waals surface area (Å²) in [4.78, 5) is 6.82. The van der Waals surface area contributed by atoms with Crippen molar-refractivity contribution in [1.82, 2.24) is 14.9 Å². The molecule has 1 aliphatic rings. The summed E-state index contributed by atoms with van der Waals surface area (Å²) in [7, 11) is 2.07. The maximum Gasteiger partial charge on any atom is 0.205 e. The van der Waals surface area contributed by atoms with E-state index in [9.17, 15) is 0 Å². The molecule has 1 aromatic heterocycles. The van der Waals surface area contributed by atoms with Gasteiger partial charge in [-0.1, -0.05) is 0 Å². The zero-order valence-corrected chi connectivity index (χ0v) is 12.1. The van der Waals surface area contributed by atoms with Gasteiger partial charge in [0.1, 0.15) is 0 Å². The Bertz CT molecular complexity index is 369. The Balaban J connectivity index is 1.80. The first-order chi connectivity index (χ1) is 8.46. The zero-order valence-electron chi connectivity index (χ0n) is 12.1. The lowest BCUT2D eigenvalue weighted by Crippen LogP contribution is -2.43. The van der Waals surface area contributed by atoms with Gasteiger partial charge in [-0.25, -0.2) is 4.98 Å². The minimum absolute atomic E-state index is 0.233. The molecule has 0 unspecified atom stereocenters. The molecule has 0 saturated carbocycles. The highest BCUT2D eigenvalue weighted by Crippen LogP contribution is 2.21. The molecule has 2 rings (SSSR count). The number of rotatable bonds is 3. The third kappa shape index (κ3) is 3.48. The van der Waals surface area contributed by atoms with E-state index >= 15 is 0 Å². The van der Waals surface area contributed by atoms with Crippen molar-refractivity contribution in [2.45, 2.75) is 39.2 Å². The number of nitrogens with one attached hydrogen (secondary N) is 1. The van der Waals surface area contributed by atoms with Gasteiger partial charge in [-0.3, -0.25) is 0 Å². The number of hydrogen-bond donors (Lipinski definition) is 1. The quantitative estimate of drug-likeness (QED) is 0.891. The van der Waals surface area contributed by atoms with Gasteiger partial charge < -0.3 is 14.8 Å². The van der Waals surface area contributed by atoms with Gasteiger partial charge in [0.05, 0.1) is 0 Å². The topological polar surface area (TPSA) is 33.1 Å². The Hall–Kier alpha value is -1.03. The average molecular weight is 250 g/mol. The maximum absolute atomic E-state index is 4.42. The highest BCUT2D eigenvalue weighted by Gasteiger charge is 2.22. The lowest BCUT2D eigenvalue weighted by molar-refractivity contribution is 0.327. The smallest absolute Gasteiger partial charge is 0.205 e. The third-order valence-corrected chi connectivity index (χ3v) is 3.61. The second-order valence-corrected chi connectivity index (χ2v) is 6.40. The maximum atomic E-state index is 4.42. The molecular formula is C14H26N4. The summed E-state index contributed by atoms with van der Waals surface area (Å²) in [6.07, 6.45) is 6.41. The van der Waals surface area contributed by atoms with Crippen LogP contribution in [-0.4, -0.2) is 34.7 Å². The third-order valence-electron chi connectivity index (χ3n) is 3.61. The molecule has 0 radical (unpaired) electrons. The first kappa shape index (κ1) is 13.4. The fourth-order valence-electron chi connectivity index (χ4n) is 2.45. The van der Waals surface area contributed by atoms with Gasteiger partial charge in [-0.05, 0) is 46.1 Å². The average Bonchev–Trinajstić information content (AvgIpc) is 2.73. The van der Waals surface area contributed by atoms with E-state index in [1.165, 1.54) is 12.8 Å². The monoisotopic (exact) mass is 250 g/mol. The molecule has 0 amide bonds. The Morgan fingerprint density at radius 1 is 1.33 bits per heavy atom. The molecule has 1 aliphatic heterocycles. The molecule has 1 aromatic rings. The van der Waals surface area contributed by atoms with Gasteiger partial charge in [0.15, 0.2) is 0 Å². The first-order valence-electron chi connectivity index (χ1n) is 6.93. The molecule has 1 saturated heterocycles. The van der Waals surface area contributed by atoms with E-state index in [2.05, 4.69) is 47.6 Å². The second-order valence-electron chi connectivity index (χ2n) is 6.40. The van der Waals surface area contributed by atoms with Crippen molar-refractivity contribution in [3.05, 3.63) is 12.4 Å². The fraction of sp³-hybridized carbons (Fsp3) is 0.786. The van der Waals surface area contributed by atoms with E-state index in [1.54, 1.807) is 0 Å². The summed E-state index contributed by atoms with van der Waals surface area (Å²) >= 11 is 0. The number of aryl methyl sites for hydroxylation is 1. The van der Waals surface area contributed by atoms with Crippen molar-refractivity contribution in [1.29, 1.82) is 0 Å². The van der Waals surface area contributed by atoms with Crippen molar-refractivity contribution in [3.8, 4) is 0 Å². The van der Waals surface area contributed by atoms with Gasteiger partial charge in [0, 0.05) is 38.1 Å². The minimum Gasteiger partial charge on any atom is -0.342 e. The van der Waals surface area contributed by atoms with Gasteiger partial charge in [0.25, 0.3) is 0 Å². The van der Waals surface area contributed by atoms with Crippen molar-refractivity contribution in [3.63, 3.8) is 0 Å². The molecule has 0 atom stereocenters. The van der Waals surface area contributed by atoms with Crippen LogP contribution >= 0.6 is 0 Å². The molecule has 102 valence electrons. The van der Waals surface area contributed by atoms with Crippen LogP contribution in [0.25, 0.3) is 0 Å². The Kier molecular flexibility index (Phi) is 3.95. The lowest BCUT2D eigenvalue weighted by Gasteiger charge is -2.34.